The molecule has 2 aromatic heterocycles. The zero-order chi connectivity index (χ0) is 18.2. The SMILES string of the molecule is Cc1nc(CSc2ccccc2C(=O)NCCNc2cnccn2)cs1. The predicted octanol–water partition coefficient (Wildman–Crippen LogP) is 3.38. The van der Waals surface area contributed by atoms with Crippen molar-refractivity contribution in [3.8, 4) is 0 Å². The number of aryl methyl sites for hydroxylation is 1. The third-order valence-corrected chi connectivity index (χ3v) is 5.38. The third-order valence-electron chi connectivity index (χ3n) is 3.45. The number of thioether (sulfide) groups is 1. The molecule has 8 heteroatoms. The lowest BCUT2D eigenvalue weighted by molar-refractivity contribution is 0.0952. The molecule has 0 aliphatic rings. The van der Waals surface area contributed by atoms with Gasteiger partial charge < -0.3 is 10.6 Å². The molecule has 3 rings (SSSR count). The van der Waals surface area contributed by atoms with Gasteiger partial charge in [0.2, 0.25) is 0 Å². The van der Waals surface area contributed by atoms with Gasteiger partial charge in [-0.2, -0.15) is 0 Å². The first kappa shape index (κ1) is 18.3. The van der Waals surface area contributed by atoms with Crippen molar-refractivity contribution in [3.63, 3.8) is 0 Å². The molecule has 0 aliphatic heterocycles. The van der Waals surface area contributed by atoms with Crippen LogP contribution in [-0.4, -0.2) is 33.9 Å². The molecular weight excluding hydrogens is 366 g/mol. The molecule has 0 saturated heterocycles. The second-order valence-corrected chi connectivity index (χ2v) is 7.50. The van der Waals surface area contributed by atoms with E-state index in [2.05, 4.69) is 31.0 Å². The first-order valence-corrected chi connectivity index (χ1v) is 10.00. The van der Waals surface area contributed by atoms with Crippen molar-refractivity contribution in [2.45, 2.75) is 17.6 Å². The maximum atomic E-state index is 12.5. The average Bonchev–Trinajstić information content (AvgIpc) is 3.10. The number of hydrogen-bond acceptors (Lipinski definition) is 7. The maximum Gasteiger partial charge on any atom is 0.252 e. The highest BCUT2D eigenvalue weighted by Gasteiger charge is 2.11. The summed E-state index contributed by atoms with van der Waals surface area (Å²) in [5.41, 5.74) is 1.73. The lowest BCUT2D eigenvalue weighted by Crippen LogP contribution is -2.29. The van der Waals surface area contributed by atoms with Gasteiger partial charge in [0.1, 0.15) is 5.82 Å². The van der Waals surface area contributed by atoms with E-state index in [1.54, 1.807) is 41.7 Å². The number of carbonyl (C=O) groups excluding carboxylic acids is 1. The van der Waals surface area contributed by atoms with E-state index < -0.39 is 0 Å². The summed E-state index contributed by atoms with van der Waals surface area (Å²) in [6, 6.07) is 7.64. The summed E-state index contributed by atoms with van der Waals surface area (Å²) in [4.78, 5) is 26.0. The van der Waals surface area contributed by atoms with E-state index in [0.29, 0.717) is 24.5 Å². The van der Waals surface area contributed by atoms with Crippen LogP contribution in [0.5, 0.6) is 0 Å². The number of aromatic nitrogens is 3. The number of nitrogens with one attached hydrogen (secondary N) is 2. The summed E-state index contributed by atoms with van der Waals surface area (Å²) in [5, 5.41) is 9.17. The quantitative estimate of drug-likeness (QED) is 0.457. The van der Waals surface area contributed by atoms with Gasteiger partial charge >= 0.3 is 0 Å². The molecular formula is C18H19N5OS2. The molecule has 3 aromatic rings. The van der Waals surface area contributed by atoms with Crippen LogP contribution in [-0.2, 0) is 5.75 Å². The Morgan fingerprint density at radius 2 is 2.12 bits per heavy atom. The monoisotopic (exact) mass is 385 g/mol. The van der Waals surface area contributed by atoms with Crippen LogP contribution in [0.3, 0.4) is 0 Å². The topological polar surface area (TPSA) is 79.8 Å². The zero-order valence-electron chi connectivity index (χ0n) is 14.3. The van der Waals surface area contributed by atoms with E-state index in [0.717, 1.165) is 21.3 Å². The molecule has 2 heterocycles. The molecule has 6 nitrogen and oxygen atoms in total. The van der Waals surface area contributed by atoms with Crippen molar-refractivity contribution in [1.29, 1.82) is 0 Å². The molecule has 2 N–H and O–H groups in total. The van der Waals surface area contributed by atoms with Gasteiger partial charge in [0, 0.05) is 41.5 Å². The van der Waals surface area contributed by atoms with Crippen LogP contribution in [0.4, 0.5) is 5.82 Å². The Balaban J connectivity index is 1.52. The number of rotatable bonds is 8. The van der Waals surface area contributed by atoms with Crippen molar-refractivity contribution in [1.82, 2.24) is 20.3 Å². The van der Waals surface area contributed by atoms with Crippen molar-refractivity contribution >= 4 is 34.8 Å². The zero-order valence-corrected chi connectivity index (χ0v) is 15.9. The van der Waals surface area contributed by atoms with Gasteiger partial charge in [-0.15, -0.1) is 23.1 Å². The highest BCUT2D eigenvalue weighted by molar-refractivity contribution is 7.98. The Morgan fingerprint density at radius 1 is 1.23 bits per heavy atom. The largest absolute Gasteiger partial charge is 0.367 e. The molecule has 1 aromatic carbocycles. The van der Waals surface area contributed by atoms with Gasteiger partial charge in [0.15, 0.2) is 0 Å². The second-order valence-electron chi connectivity index (χ2n) is 5.42. The fourth-order valence-corrected chi connectivity index (χ4v) is 3.92. The van der Waals surface area contributed by atoms with Gasteiger partial charge in [0.05, 0.1) is 22.5 Å². The lowest BCUT2D eigenvalue weighted by atomic mass is 10.2. The highest BCUT2D eigenvalue weighted by atomic mass is 32.2. The van der Waals surface area contributed by atoms with E-state index in [-0.39, 0.29) is 5.91 Å². The lowest BCUT2D eigenvalue weighted by Gasteiger charge is -2.10. The molecule has 0 aliphatic carbocycles. The molecule has 0 bridgehead atoms. The van der Waals surface area contributed by atoms with Gasteiger partial charge in [-0.25, -0.2) is 9.97 Å². The Labute approximate surface area is 160 Å². The van der Waals surface area contributed by atoms with Gasteiger partial charge in [-0.3, -0.25) is 9.78 Å². The summed E-state index contributed by atoms with van der Waals surface area (Å²) in [5.74, 6) is 1.36. The Bertz CT molecular complexity index is 854. The molecule has 0 atom stereocenters. The number of thiazole rings is 1. The summed E-state index contributed by atoms with van der Waals surface area (Å²) < 4.78 is 0. The van der Waals surface area contributed by atoms with E-state index in [9.17, 15) is 4.79 Å². The van der Waals surface area contributed by atoms with Gasteiger partial charge in [0.25, 0.3) is 5.91 Å². The van der Waals surface area contributed by atoms with Gasteiger partial charge in [-0.05, 0) is 19.1 Å². The first-order chi connectivity index (χ1) is 12.7. The fraction of sp³-hybridized carbons (Fsp3) is 0.222. The number of benzene rings is 1. The van der Waals surface area contributed by atoms with Gasteiger partial charge in [-0.1, -0.05) is 12.1 Å². The Kier molecular flexibility index (Phi) is 6.56. The molecule has 26 heavy (non-hydrogen) atoms. The molecule has 0 radical (unpaired) electrons. The van der Waals surface area contributed by atoms with Crippen LogP contribution < -0.4 is 10.6 Å². The van der Waals surface area contributed by atoms with Crippen LogP contribution in [0.1, 0.15) is 21.1 Å². The first-order valence-electron chi connectivity index (χ1n) is 8.13. The smallest absolute Gasteiger partial charge is 0.252 e. The van der Waals surface area contributed by atoms with Crippen molar-refractivity contribution < 1.29 is 4.79 Å². The van der Waals surface area contributed by atoms with Crippen molar-refractivity contribution in [2.75, 3.05) is 18.4 Å². The standard InChI is InChI=1S/C18H19N5OS2/c1-13-23-14(11-25-13)12-26-16-5-3-2-4-15(16)18(24)22-9-8-21-17-10-19-6-7-20-17/h2-7,10-11H,8-9,12H2,1H3,(H,20,21)(H,22,24). The maximum absolute atomic E-state index is 12.5. The highest BCUT2D eigenvalue weighted by Crippen LogP contribution is 2.26. The van der Waals surface area contributed by atoms with E-state index in [1.165, 1.54) is 0 Å². The molecule has 0 saturated carbocycles. The molecule has 0 spiro atoms. The minimum atomic E-state index is -0.0801. The average molecular weight is 386 g/mol. The third kappa shape index (κ3) is 5.27. The molecule has 0 unspecified atom stereocenters. The fourth-order valence-electron chi connectivity index (χ4n) is 2.26. The minimum absolute atomic E-state index is 0.0801. The molecule has 0 fully saturated rings. The number of nitrogens with zero attached hydrogens (tertiary/aromatic N) is 3. The summed E-state index contributed by atoms with van der Waals surface area (Å²) in [7, 11) is 0. The Morgan fingerprint density at radius 3 is 2.88 bits per heavy atom. The van der Waals surface area contributed by atoms with E-state index >= 15 is 0 Å². The van der Waals surface area contributed by atoms with Crippen LogP contribution >= 0.6 is 23.1 Å². The summed E-state index contributed by atoms with van der Waals surface area (Å²) in [6.07, 6.45) is 4.89. The van der Waals surface area contributed by atoms with E-state index in [1.807, 2.05) is 31.2 Å². The minimum Gasteiger partial charge on any atom is -0.367 e. The number of anilines is 1. The van der Waals surface area contributed by atoms with E-state index in [4.69, 9.17) is 0 Å². The summed E-state index contributed by atoms with van der Waals surface area (Å²) >= 11 is 3.27. The van der Waals surface area contributed by atoms with Crippen LogP contribution in [0.2, 0.25) is 0 Å². The molecule has 134 valence electrons. The normalized spacial score (nSPS) is 10.5. The summed E-state index contributed by atoms with van der Waals surface area (Å²) in [6.45, 7) is 3.08. The van der Waals surface area contributed by atoms with Crippen LogP contribution in [0, 0.1) is 6.92 Å². The predicted molar refractivity (Wildman–Crippen MR) is 106 cm³/mol. The van der Waals surface area contributed by atoms with Crippen molar-refractivity contribution in [3.05, 3.63) is 64.5 Å². The number of carbonyl (C=O) groups is 1. The molecule has 1 amide bonds. The van der Waals surface area contributed by atoms with Crippen LogP contribution in [0.15, 0.2) is 53.1 Å². The number of amides is 1. The van der Waals surface area contributed by atoms with Crippen LogP contribution in [0.25, 0.3) is 0 Å². The second kappa shape index (κ2) is 9.30. The number of hydrogen-bond donors (Lipinski definition) is 2. The Hall–Kier alpha value is -2.45. The van der Waals surface area contributed by atoms with Crippen molar-refractivity contribution in [2.24, 2.45) is 0 Å².